The summed E-state index contributed by atoms with van der Waals surface area (Å²) in [5.41, 5.74) is 17.4. The van der Waals surface area contributed by atoms with Crippen LogP contribution in [0.5, 0.6) is 0 Å². The molecule has 0 spiro atoms. The van der Waals surface area contributed by atoms with Gasteiger partial charge in [-0.25, -0.2) is 9.97 Å². The van der Waals surface area contributed by atoms with Crippen LogP contribution in [-0.4, -0.2) is 9.97 Å². The van der Waals surface area contributed by atoms with Crippen LogP contribution in [0.1, 0.15) is 25.0 Å². The summed E-state index contributed by atoms with van der Waals surface area (Å²) in [7, 11) is 0. The number of hydrogen-bond acceptors (Lipinski definition) is 2. The van der Waals surface area contributed by atoms with Gasteiger partial charge in [-0.3, -0.25) is 0 Å². The van der Waals surface area contributed by atoms with Crippen LogP contribution < -0.4 is 0 Å². The van der Waals surface area contributed by atoms with E-state index in [1.807, 2.05) is 6.07 Å². The van der Waals surface area contributed by atoms with E-state index in [4.69, 9.17) is 9.97 Å². The molecule has 10 aromatic rings. The molecule has 1 aromatic heterocycles. The Hall–Kier alpha value is -7.42. The molecule has 0 aliphatic heterocycles. The number of fused-ring (bicyclic) bond motifs is 6. The summed E-state index contributed by atoms with van der Waals surface area (Å²) < 4.78 is 0. The third-order valence-corrected chi connectivity index (χ3v) is 12.3. The smallest absolute Gasteiger partial charge is 0.160 e. The Morgan fingerprint density at radius 1 is 0.339 bits per heavy atom. The summed E-state index contributed by atoms with van der Waals surface area (Å²) in [5.74, 6) is 0.704. The number of rotatable bonds is 6. The molecule has 9 aromatic carbocycles. The highest BCUT2D eigenvalue weighted by Crippen LogP contribution is 2.55. The van der Waals surface area contributed by atoms with Gasteiger partial charge in [-0.1, -0.05) is 208 Å². The molecule has 1 heterocycles. The highest BCUT2D eigenvalue weighted by Gasteiger charge is 2.38. The lowest BCUT2D eigenvalue weighted by molar-refractivity contribution is 0.666. The van der Waals surface area contributed by atoms with E-state index in [1.165, 1.54) is 60.7 Å². The SMILES string of the molecule is CC1(C)c2cccc(-c3ccc(-c4cc(-c5cccc(-c6ccc(-c7ccccc7)cc6)c5)nc(-c5ccccc5)n4)c4ccccc34)c2-c2ccc3ccccc3c21. The van der Waals surface area contributed by atoms with Crippen LogP contribution in [0.2, 0.25) is 0 Å². The van der Waals surface area contributed by atoms with Gasteiger partial charge < -0.3 is 0 Å². The monoisotopic (exact) mass is 752 g/mol. The fourth-order valence-corrected chi connectivity index (χ4v) is 9.43. The van der Waals surface area contributed by atoms with E-state index in [0.717, 1.165) is 44.6 Å². The molecule has 1 aliphatic carbocycles. The predicted molar refractivity (Wildman–Crippen MR) is 247 cm³/mol. The summed E-state index contributed by atoms with van der Waals surface area (Å²) in [6.07, 6.45) is 0. The number of aromatic nitrogens is 2. The van der Waals surface area contributed by atoms with Crippen LogP contribution in [0.4, 0.5) is 0 Å². The summed E-state index contributed by atoms with van der Waals surface area (Å²) in [6.45, 7) is 4.76. The maximum Gasteiger partial charge on any atom is 0.160 e. The van der Waals surface area contributed by atoms with Crippen molar-refractivity contribution in [3.05, 3.63) is 217 Å². The lowest BCUT2D eigenvalue weighted by Gasteiger charge is -2.23. The summed E-state index contributed by atoms with van der Waals surface area (Å²) >= 11 is 0. The molecule has 1 aliphatic rings. The van der Waals surface area contributed by atoms with Crippen molar-refractivity contribution in [2.24, 2.45) is 0 Å². The average Bonchev–Trinajstić information content (AvgIpc) is 3.55. The zero-order valence-electron chi connectivity index (χ0n) is 33.0. The van der Waals surface area contributed by atoms with Gasteiger partial charge in [0.1, 0.15) is 0 Å². The minimum absolute atomic E-state index is 0.134. The van der Waals surface area contributed by atoms with Crippen LogP contribution in [-0.2, 0) is 5.41 Å². The van der Waals surface area contributed by atoms with Gasteiger partial charge in [0.05, 0.1) is 11.4 Å². The molecule has 0 amide bonds. The first-order valence-electron chi connectivity index (χ1n) is 20.4. The van der Waals surface area contributed by atoms with Crippen molar-refractivity contribution >= 4 is 21.5 Å². The fraction of sp³-hybridized carbons (Fsp3) is 0.0526. The van der Waals surface area contributed by atoms with Gasteiger partial charge in [-0.2, -0.15) is 0 Å². The highest BCUT2D eigenvalue weighted by molar-refractivity contribution is 6.09. The Kier molecular flexibility index (Phi) is 8.20. The van der Waals surface area contributed by atoms with E-state index >= 15 is 0 Å². The first kappa shape index (κ1) is 34.8. The quantitative estimate of drug-likeness (QED) is 0.169. The molecule has 0 radical (unpaired) electrons. The summed E-state index contributed by atoms with van der Waals surface area (Å²) in [6, 6.07) is 74.2. The van der Waals surface area contributed by atoms with E-state index in [9.17, 15) is 0 Å². The molecule has 2 heteroatoms. The Morgan fingerprint density at radius 3 is 1.64 bits per heavy atom. The standard InChI is InChI=1S/C57H40N2/c1-57(2)51-26-14-25-49(54(51)50-32-31-40-17-9-10-22-44(40)55(50)57)47-33-34-48(46-24-12-11-23-45(46)47)53-36-52(58-56(59-53)41-18-7-4-8-19-41)43-21-13-20-42(35-43)39-29-27-38(28-30-39)37-15-5-3-6-16-37/h3-36H,1-2H3. The Labute approximate surface area is 345 Å². The molecular formula is C57H40N2. The van der Waals surface area contributed by atoms with Crippen molar-refractivity contribution in [2.45, 2.75) is 19.3 Å². The van der Waals surface area contributed by atoms with Gasteiger partial charge in [0.15, 0.2) is 5.82 Å². The van der Waals surface area contributed by atoms with E-state index in [1.54, 1.807) is 0 Å². The minimum atomic E-state index is -0.134. The molecule has 278 valence electrons. The zero-order valence-corrected chi connectivity index (χ0v) is 33.0. The van der Waals surface area contributed by atoms with Crippen molar-refractivity contribution in [3.63, 3.8) is 0 Å². The molecule has 0 N–H and O–H groups in total. The number of nitrogens with zero attached hydrogens (tertiary/aromatic N) is 2. The van der Waals surface area contributed by atoms with Gasteiger partial charge in [0.25, 0.3) is 0 Å². The van der Waals surface area contributed by atoms with Gasteiger partial charge in [-0.05, 0) is 89.3 Å². The maximum atomic E-state index is 5.30. The van der Waals surface area contributed by atoms with Gasteiger partial charge in [0, 0.05) is 22.1 Å². The van der Waals surface area contributed by atoms with Gasteiger partial charge in [-0.15, -0.1) is 0 Å². The molecule has 0 saturated carbocycles. The Bertz CT molecular complexity index is 3220. The second-order valence-electron chi connectivity index (χ2n) is 16.1. The lowest BCUT2D eigenvalue weighted by Crippen LogP contribution is -2.15. The van der Waals surface area contributed by atoms with E-state index < -0.39 is 0 Å². The van der Waals surface area contributed by atoms with Crippen LogP contribution in [0, 0.1) is 0 Å². The zero-order chi connectivity index (χ0) is 39.5. The minimum Gasteiger partial charge on any atom is -0.228 e. The third-order valence-electron chi connectivity index (χ3n) is 12.3. The highest BCUT2D eigenvalue weighted by atomic mass is 14.9. The topological polar surface area (TPSA) is 25.8 Å². The molecule has 0 atom stereocenters. The second-order valence-corrected chi connectivity index (χ2v) is 16.1. The van der Waals surface area contributed by atoms with Crippen molar-refractivity contribution in [3.8, 4) is 78.4 Å². The van der Waals surface area contributed by atoms with E-state index in [2.05, 4.69) is 214 Å². The van der Waals surface area contributed by atoms with E-state index in [-0.39, 0.29) is 5.41 Å². The first-order chi connectivity index (χ1) is 29.0. The molecule has 0 fully saturated rings. The average molecular weight is 753 g/mol. The number of hydrogen-bond donors (Lipinski definition) is 0. The largest absolute Gasteiger partial charge is 0.228 e. The number of benzene rings is 9. The van der Waals surface area contributed by atoms with E-state index in [0.29, 0.717) is 5.82 Å². The van der Waals surface area contributed by atoms with Crippen LogP contribution in [0.25, 0.3) is 100.0 Å². The molecular weight excluding hydrogens is 713 g/mol. The maximum absolute atomic E-state index is 5.30. The predicted octanol–water partition coefficient (Wildman–Crippen LogP) is 15.1. The second kappa shape index (κ2) is 13.9. The summed E-state index contributed by atoms with van der Waals surface area (Å²) in [5, 5.41) is 4.98. The molecule has 59 heavy (non-hydrogen) atoms. The molecule has 0 bridgehead atoms. The van der Waals surface area contributed by atoms with Gasteiger partial charge in [0.2, 0.25) is 0 Å². The summed E-state index contributed by atoms with van der Waals surface area (Å²) in [4.78, 5) is 10.5. The molecule has 0 saturated heterocycles. The third kappa shape index (κ3) is 5.87. The van der Waals surface area contributed by atoms with Crippen LogP contribution >= 0.6 is 0 Å². The molecule has 2 nitrogen and oxygen atoms in total. The van der Waals surface area contributed by atoms with Crippen molar-refractivity contribution in [1.82, 2.24) is 9.97 Å². The Balaban J connectivity index is 1.05. The van der Waals surface area contributed by atoms with Crippen molar-refractivity contribution in [2.75, 3.05) is 0 Å². The lowest BCUT2D eigenvalue weighted by atomic mass is 9.80. The normalized spacial score (nSPS) is 12.7. The van der Waals surface area contributed by atoms with Crippen LogP contribution in [0.15, 0.2) is 206 Å². The Morgan fingerprint density at radius 2 is 0.881 bits per heavy atom. The van der Waals surface area contributed by atoms with Gasteiger partial charge >= 0.3 is 0 Å². The van der Waals surface area contributed by atoms with Crippen LogP contribution in [0.3, 0.4) is 0 Å². The molecule has 0 unspecified atom stereocenters. The molecule has 11 rings (SSSR count). The van der Waals surface area contributed by atoms with Crippen molar-refractivity contribution < 1.29 is 0 Å². The fourth-order valence-electron chi connectivity index (χ4n) is 9.43. The van der Waals surface area contributed by atoms with Crippen molar-refractivity contribution in [1.29, 1.82) is 0 Å². The first-order valence-corrected chi connectivity index (χ1v) is 20.4.